The van der Waals surface area contributed by atoms with Gasteiger partial charge < -0.3 is 29.3 Å². The molecule has 0 aliphatic rings. The molecule has 1 heterocycles. The number of amides is 3. The van der Waals surface area contributed by atoms with Crippen molar-refractivity contribution in [1.82, 2.24) is 9.80 Å². The van der Waals surface area contributed by atoms with E-state index in [2.05, 4.69) is 11.4 Å². The van der Waals surface area contributed by atoms with Gasteiger partial charge in [0.1, 0.15) is 6.54 Å². The van der Waals surface area contributed by atoms with Gasteiger partial charge in [0.15, 0.2) is 11.5 Å². The zero-order valence-corrected chi connectivity index (χ0v) is 24.5. The summed E-state index contributed by atoms with van der Waals surface area (Å²) in [4.78, 5) is 31.4. The van der Waals surface area contributed by atoms with Crippen molar-refractivity contribution >= 4 is 29.0 Å². The van der Waals surface area contributed by atoms with Gasteiger partial charge in [0, 0.05) is 30.8 Å². The number of hydrogen-bond acceptors (Lipinski definition) is 6. The summed E-state index contributed by atoms with van der Waals surface area (Å²) >= 11 is 1.63. The largest absolute Gasteiger partial charge is 0.493 e. The number of carbonyl (C=O) groups excluding carboxylic acids is 2. The lowest BCUT2D eigenvalue weighted by molar-refractivity contribution is -0.132. The molecule has 0 atom stereocenters. The Morgan fingerprint density at radius 1 is 0.872 bits per heavy atom. The molecule has 3 aromatic rings. The van der Waals surface area contributed by atoms with Crippen molar-refractivity contribution < 1.29 is 23.8 Å². The van der Waals surface area contributed by atoms with E-state index in [0.29, 0.717) is 44.2 Å². The van der Waals surface area contributed by atoms with Gasteiger partial charge in [-0.2, -0.15) is 0 Å². The normalized spacial score (nSPS) is 10.7. The van der Waals surface area contributed by atoms with Crippen LogP contribution in [0.5, 0.6) is 11.5 Å². The average molecular weight is 554 g/mol. The minimum absolute atomic E-state index is 0.0591. The first-order chi connectivity index (χ1) is 18.7. The van der Waals surface area contributed by atoms with Crippen molar-refractivity contribution in [2.75, 3.05) is 52.9 Å². The van der Waals surface area contributed by atoms with Crippen LogP contribution in [0.15, 0.2) is 47.8 Å². The lowest BCUT2D eigenvalue weighted by Gasteiger charge is -2.28. The molecule has 1 N–H and O–H groups in total. The molecule has 0 aliphatic heterocycles. The molecule has 0 spiro atoms. The first-order valence-electron chi connectivity index (χ1n) is 12.9. The third-order valence-electron chi connectivity index (χ3n) is 6.58. The molecular formula is C30H39N3O5S. The maximum Gasteiger partial charge on any atom is 0.322 e. The smallest absolute Gasteiger partial charge is 0.322 e. The fourth-order valence-corrected chi connectivity index (χ4v) is 5.12. The summed E-state index contributed by atoms with van der Waals surface area (Å²) in [6.45, 7) is 7.53. The Morgan fingerprint density at radius 2 is 1.64 bits per heavy atom. The van der Waals surface area contributed by atoms with Crippen LogP contribution in [-0.2, 0) is 22.5 Å². The van der Waals surface area contributed by atoms with E-state index in [1.807, 2.05) is 67.4 Å². The van der Waals surface area contributed by atoms with Gasteiger partial charge in [0.05, 0.1) is 27.4 Å². The molecule has 0 saturated carbocycles. The van der Waals surface area contributed by atoms with E-state index in [1.165, 1.54) is 4.90 Å². The molecular weight excluding hydrogens is 514 g/mol. The number of hydrogen-bond donors (Lipinski definition) is 1. The molecule has 3 amide bonds. The predicted octanol–water partition coefficient (Wildman–Crippen LogP) is 5.44. The van der Waals surface area contributed by atoms with Gasteiger partial charge in [0.25, 0.3) is 0 Å². The van der Waals surface area contributed by atoms with Crippen LogP contribution in [0.1, 0.15) is 27.1 Å². The summed E-state index contributed by atoms with van der Waals surface area (Å²) in [5, 5.41) is 5.00. The lowest BCUT2D eigenvalue weighted by atomic mass is 10.1. The standard InChI is InChI=1S/C30H39N3O5S/c1-21-7-9-25(23(3)17-21)31-30(35)33(14-15-36-4)20-29(34)32(19-28-22(2)12-16-39-28)13-11-24-8-10-26(37-5)27(18-24)38-6/h7-10,12,16-18H,11,13-15,19-20H2,1-6H3,(H,31,35). The highest BCUT2D eigenvalue weighted by Gasteiger charge is 2.23. The van der Waals surface area contributed by atoms with Crippen molar-refractivity contribution in [3.8, 4) is 11.5 Å². The number of thiophene rings is 1. The number of urea groups is 1. The molecule has 3 rings (SSSR count). The first kappa shape index (κ1) is 30.0. The Bertz CT molecular complexity index is 1260. The molecule has 0 unspecified atom stereocenters. The Labute approximate surface area is 235 Å². The van der Waals surface area contributed by atoms with Crippen LogP contribution < -0.4 is 14.8 Å². The van der Waals surface area contributed by atoms with E-state index in [-0.39, 0.29) is 18.5 Å². The minimum atomic E-state index is -0.334. The van der Waals surface area contributed by atoms with Gasteiger partial charge in [-0.25, -0.2) is 4.79 Å². The third kappa shape index (κ3) is 8.46. The van der Waals surface area contributed by atoms with Gasteiger partial charge in [-0.3, -0.25) is 4.79 Å². The molecule has 9 heteroatoms. The zero-order chi connectivity index (χ0) is 28.4. The number of rotatable bonds is 13. The number of benzene rings is 2. The third-order valence-corrected chi connectivity index (χ3v) is 7.58. The van der Waals surface area contributed by atoms with Gasteiger partial charge in [-0.15, -0.1) is 11.3 Å². The molecule has 39 heavy (non-hydrogen) atoms. The summed E-state index contributed by atoms with van der Waals surface area (Å²) in [7, 11) is 4.79. The predicted molar refractivity (Wildman–Crippen MR) is 156 cm³/mol. The monoisotopic (exact) mass is 553 g/mol. The molecule has 0 aliphatic carbocycles. The highest BCUT2D eigenvalue weighted by Crippen LogP contribution is 2.28. The van der Waals surface area contributed by atoms with Crippen molar-refractivity contribution in [3.63, 3.8) is 0 Å². The minimum Gasteiger partial charge on any atom is -0.493 e. The van der Waals surface area contributed by atoms with E-state index < -0.39 is 0 Å². The van der Waals surface area contributed by atoms with Crippen molar-refractivity contribution in [2.24, 2.45) is 0 Å². The van der Waals surface area contributed by atoms with Gasteiger partial charge in [-0.05, 0) is 73.5 Å². The Morgan fingerprint density at radius 3 is 2.28 bits per heavy atom. The molecule has 0 radical (unpaired) electrons. The second kappa shape index (κ2) is 14.6. The molecule has 210 valence electrons. The second-order valence-corrected chi connectivity index (χ2v) is 10.4. The average Bonchev–Trinajstić information content (AvgIpc) is 3.33. The van der Waals surface area contributed by atoms with Crippen LogP contribution in [0.4, 0.5) is 10.5 Å². The summed E-state index contributed by atoms with van der Waals surface area (Å²) < 4.78 is 16.0. The number of methoxy groups -OCH3 is 3. The topological polar surface area (TPSA) is 80.3 Å². The van der Waals surface area contributed by atoms with E-state index in [0.717, 1.165) is 32.8 Å². The number of nitrogens with zero attached hydrogens (tertiary/aromatic N) is 2. The highest BCUT2D eigenvalue weighted by molar-refractivity contribution is 7.10. The number of nitrogens with one attached hydrogen (secondary N) is 1. The second-order valence-electron chi connectivity index (χ2n) is 9.44. The zero-order valence-electron chi connectivity index (χ0n) is 23.7. The van der Waals surface area contributed by atoms with Gasteiger partial charge in [-0.1, -0.05) is 23.8 Å². The summed E-state index contributed by atoms with van der Waals surface area (Å²) in [6, 6.07) is 13.3. The van der Waals surface area contributed by atoms with Crippen LogP contribution in [0.25, 0.3) is 0 Å². The maximum absolute atomic E-state index is 13.7. The Balaban J connectivity index is 1.77. The summed E-state index contributed by atoms with van der Waals surface area (Å²) in [5.41, 5.74) is 4.97. The van der Waals surface area contributed by atoms with Crippen LogP contribution in [0.2, 0.25) is 0 Å². The van der Waals surface area contributed by atoms with Gasteiger partial charge >= 0.3 is 6.03 Å². The maximum atomic E-state index is 13.7. The Hall–Kier alpha value is -3.56. The number of aryl methyl sites for hydroxylation is 3. The van der Waals surface area contributed by atoms with Crippen molar-refractivity contribution in [1.29, 1.82) is 0 Å². The number of carbonyl (C=O) groups is 2. The summed E-state index contributed by atoms with van der Waals surface area (Å²) in [6.07, 6.45) is 0.628. The molecule has 0 bridgehead atoms. The molecule has 2 aromatic carbocycles. The van der Waals surface area contributed by atoms with Gasteiger partial charge in [0.2, 0.25) is 5.91 Å². The number of anilines is 1. The molecule has 0 saturated heterocycles. The van der Waals surface area contributed by atoms with E-state index in [4.69, 9.17) is 14.2 Å². The van der Waals surface area contributed by atoms with Crippen LogP contribution in [0, 0.1) is 20.8 Å². The van der Waals surface area contributed by atoms with E-state index in [1.54, 1.807) is 32.7 Å². The molecule has 1 aromatic heterocycles. The molecule has 8 nitrogen and oxygen atoms in total. The van der Waals surface area contributed by atoms with Crippen LogP contribution in [0.3, 0.4) is 0 Å². The van der Waals surface area contributed by atoms with Crippen LogP contribution in [-0.4, -0.2) is 69.3 Å². The Kier molecular flexibility index (Phi) is 11.2. The fraction of sp³-hybridized carbons (Fsp3) is 0.400. The molecule has 0 fully saturated rings. The van der Waals surface area contributed by atoms with Crippen molar-refractivity contribution in [3.05, 3.63) is 75.0 Å². The number of ether oxygens (including phenoxy) is 3. The fourth-order valence-electron chi connectivity index (χ4n) is 4.20. The van der Waals surface area contributed by atoms with E-state index in [9.17, 15) is 9.59 Å². The SMILES string of the molecule is COCCN(CC(=O)N(CCc1ccc(OC)c(OC)c1)Cc1sccc1C)C(=O)Nc1ccc(C)cc1C. The first-order valence-corrected chi connectivity index (χ1v) is 13.8. The van der Waals surface area contributed by atoms with Crippen LogP contribution >= 0.6 is 11.3 Å². The summed E-state index contributed by atoms with van der Waals surface area (Å²) in [5.74, 6) is 1.18. The van der Waals surface area contributed by atoms with E-state index >= 15 is 0 Å². The van der Waals surface area contributed by atoms with Crippen molar-refractivity contribution in [2.45, 2.75) is 33.7 Å². The quantitative estimate of drug-likeness (QED) is 0.305. The lowest BCUT2D eigenvalue weighted by Crippen LogP contribution is -2.46. The highest BCUT2D eigenvalue weighted by atomic mass is 32.1.